The smallest absolute Gasteiger partial charge is 0.291 e. The number of anilines is 1. The predicted molar refractivity (Wildman–Crippen MR) is 167 cm³/mol. The molecule has 12 heteroatoms. The van der Waals surface area contributed by atoms with Crippen LogP contribution in [0.25, 0.3) is 28.0 Å². The first-order chi connectivity index (χ1) is 21.3. The van der Waals surface area contributed by atoms with Crippen LogP contribution in [0.3, 0.4) is 0 Å². The molecule has 0 unspecified atom stereocenters. The summed E-state index contributed by atoms with van der Waals surface area (Å²) in [4.78, 5) is 40.3. The summed E-state index contributed by atoms with van der Waals surface area (Å²) in [6.07, 6.45) is 7.40. The number of ether oxygens (including phenoxy) is 1. The number of nitrogen functional groups attached to an aromatic ring is 1. The Bertz CT molecular complexity index is 1780. The first-order valence-electron chi connectivity index (χ1n) is 14.7. The van der Waals surface area contributed by atoms with Crippen LogP contribution in [0.4, 0.5) is 5.82 Å². The minimum atomic E-state index is -0.204. The van der Waals surface area contributed by atoms with Crippen molar-refractivity contribution in [1.82, 2.24) is 39.7 Å². The van der Waals surface area contributed by atoms with E-state index in [0.29, 0.717) is 36.3 Å². The number of amides is 1. The molecule has 4 heterocycles. The summed E-state index contributed by atoms with van der Waals surface area (Å²) in [6.45, 7) is 8.11. The van der Waals surface area contributed by atoms with Crippen molar-refractivity contribution in [3.8, 4) is 28.1 Å². The number of pyridine rings is 1. The Kier molecular flexibility index (Phi) is 8.98. The number of carbonyl (C=O) groups excluding carboxylic acids is 2. The predicted octanol–water partition coefficient (Wildman–Crippen LogP) is 4.94. The number of nitrogens with one attached hydrogen (secondary N) is 1. The van der Waals surface area contributed by atoms with Crippen LogP contribution in [0.2, 0.25) is 0 Å². The molecule has 1 aromatic carbocycles. The standard InChI is InChI=1S/C32H37N9O3/c1-6-14-40(32(43)30-35-18-36-39-30)23(7-2)10-12-26-28(20(4)42)29(33)41-31(38-26)24(17-37-41)22-8-11-25(34-16-22)21-9-13-27(44-5)19(3)15-21/h8-9,11,13,15-18,23H,6-7,10,12,14,33H2,1-5H3,(H,35,36,39)/t23-/m1/s1. The summed E-state index contributed by atoms with van der Waals surface area (Å²) >= 11 is 0. The van der Waals surface area contributed by atoms with Gasteiger partial charge in [-0.05, 0) is 69.4 Å². The second-order valence-corrected chi connectivity index (χ2v) is 10.7. The zero-order valence-corrected chi connectivity index (χ0v) is 25.7. The number of ketones is 1. The van der Waals surface area contributed by atoms with E-state index in [9.17, 15) is 9.59 Å². The van der Waals surface area contributed by atoms with Gasteiger partial charge in [-0.25, -0.2) is 4.98 Å². The maximum Gasteiger partial charge on any atom is 0.291 e. The molecular weight excluding hydrogens is 558 g/mol. The highest BCUT2D eigenvalue weighted by Gasteiger charge is 2.27. The zero-order valence-electron chi connectivity index (χ0n) is 25.7. The van der Waals surface area contributed by atoms with Gasteiger partial charge in [-0.15, -0.1) is 10.2 Å². The van der Waals surface area contributed by atoms with Crippen LogP contribution < -0.4 is 10.5 Å². The lowest BCUT2D eigenvalue weighted by atomic mass is 10.0. The number of aromatic amines is 1. The molecule has 0 saturated carbocycles. The lowest BCUT2D eigenvalue weighted by molar-refractivity contribution is 0.0650. The molecule has 44 heavy (non-hydrogen) atoms. The summed E-state index contributed by atoms with van der Waals surface area (Å²) in [5.74, 6) is 0.866. The normalized spacial score (nSPS) is 11.9. The fourth-order valence-corrected chi connectivity index (χ4v) is 5.61. The lowest BCUT2D eigenvalue weighted by Gasteiger charge is -2.30. The Morgan fingerprint density at radius 2 is 1.93 bits per heavy atom. The van der Waals surface area contributed by atoms with Gasteiger partial charge in [0.1, 0.15) is 17.9 Å². The van der Waals surface area contributed by atoms with Gasteiger partial charge in [0.05, 0.1) is 30.3 Å². The largest absolute Gasteiger partial charge is 0.496 e. The fourth-order valence-electron chi connectivity index (χ4n) is 5.61. The summed E-state index contributed by atoms with van der Waals surface area (Å²) < 4.78 is 6.89. The Hall–Kier alpha value is -5.13. The lowest BCUT2D eigenvalue weighted by Crippen LogP contribution is -2.41. The molecule has 0 bridgehead atoms. The third-order valence-corrected chi connectivity index (χ3v) is 7.85. The molecular formula is C32H37N9O3. The molecule has 3 N–H and O–H groups in total. The molecule has 5 rings (SSSR count). The van der Waals surface area contributed by atoms with Gasteiger partial charge in [-0.2, -0.15) is 9.61 Å². The minimum Gasteiger partial charge on any atom is -0.496 e. The van der Waals surface area contributed by atoms with Gasteiger partial charge in [-0.3, -0.25) is 14.6 Å². The molecule has 4 aromatic heterocycles. The van der Waals surface area contributed by atoms with Crippen molar-refractivity contribution in [3.05, 3.63) is 71.7 Å². The average Bonchev–Trinajstić information content (AvgIpc) is 3.71. The maximum absolute atomic E-state index is 13.2. The number of carbonyl (C=O) groups is 2. The quantitative estimate of drug-likeness (QED) is 0.191. The Morgan fingerprint density at radius 1 is 1.14 bits per heavy atom. The molecule has 0 aliphatic rings. The number of hydrogen-bond donors (Lipinski definition) is 2. The van der Waals surface area contributed by atoms with Crippen LogP contribution in [0.5, 0.6) is 5.75 Å². The van der Waals surface area contributed by atoms with Crippen molar-refractivity contribution in [3.63, 3.8) is 0 Å². The van der Waals surface area contributed by atoms with E-state index in [1.165, 1.54) is 17.8 Å². The van der Waals surface area contributed by atoms with Gasteiger partial charge in [0.25, 0.3) is 5.91 Å². The van der Waals surface area contributed by atoms with Crippen LogP contribution >= 0.6 is 0 Å². The average molecular weight is 596 g/mol. The highest BCUT2D eigenvalue weighted by atomic mass is 16.5. The van der Waals surface area contributed by atoms with Gasteiger partial charge >= 0.3 is 0 Å². The van der Waals surface area contributed by atoms with Crippen molar-refractivity contribution in [1.29, 1.82) is 0 Å². The van der Waals surface area contributed by atoms with Crippen molar-refractivity contribution < 1.29 is 14.3 Å². The number of H-pyrrole nitrogens is 1. The summed E-state index contributed by atoms with van der Waals surface area (Å²) in [6, 6.07) is 9.77. The van der Waals surface area contributed by atoms with Crippen molar-refractivity contribution in [2.45, 2.75) is 59.4 Å². The van der Waals surface area contributed by atoms with Crippen molar-refractivity contribution in [2.75, 3.05) is 19.4 Å². The molecule has 0 radical (unpaired) electrons. The molecule has 12 nitrogen and oxygen atoms in total. The number of rotatable bonds is 12. The molecule has 0 saturated heterocycles. The SMILES string of the molecule is CCCN(C(=O)c1nnc[nH]1)[C@H](CC)CCc1nc2c(-c3ccc(-c4ccc(OC)c(C)c4)nc3)cnn2c(N)c1C(C)=O. The molecule has 0 aliphatic heterocycles. The first kappa shape index (κ1) is 30.3. The monoisotopic (exact) mass is 595 g/mol. The molecule has 0 spiro atoms. The van der Waals surface area contributed by atoms with E-state index in [4.69, 9.17) is 20.4 Å². The zero-order chi connectivity index (χ0) is 31.4. The second-order valence-electron chi connectivity index (χ2n) is 10.7. The van der Waals surface area contributed by atoms with Crippen LogP contribution in [0.1, 0.15) is 72.3 Å². The highest BCUT2D eigenvalue weighted by Crippen LogP contribution is 2.30. The molecule has 228 valence electrons. The van der Waals surface area contributed by atoms with E-state index in [2.05, 4.69) is 20.3 Å². The van der Waals surface area contributed by atoms with E-state index in [0.717, 1.165) is 46.5 Å². The van der Waals surface area contributed by atoms with Crippen LogP contribution in [-0.4, -0.2) is 71.1 Å². The summed E-state index contributed by atoms with van der Waals surface area (Å²) in [5.41, 5.74) is 12.4. The van der Waals surface area contributed by atoms with Gasteiger partial charge in [0.15, 0.2) is 11.4 Å². The third-order valence-electron chi connectivity index (χ3n) is 7.85. The van der Waals surface area contributed by atoms with Crippen LogP contribution in [-0.2, 0) is 6.42 Å². The summed E-state index contributed by atoms with van der Waals surface area (Å²) in [7, 11) is 1.65. The molecule has 0 aliphatic carbocycles. The number of benzene rings is 1. The molecule has 5 aromatic rings. The van der Waals surface area contributed by atoms with E-state index >= 15 is 0 Å². The van der Waals surface area contributed by atoms with Gasteiger partial charge in [-0.1, -0.05) is 19.9 Å². The number of aromatic nitrogens is 7. The summed E-state index contributed by atoms with van der Waals surface area (Å²) in [5, 5.41) is 12.1. The van der Waals surface area contributed by atoms with E-state index < -0.39 is 0 Å². The number of methoxy groups -OCH3 is 1. The Morgan fingerprint density at radius 3 is 2.55 bits per heavy atom. The number of nitrogens with zero attached hydrogens (tertiary/aromatic N) is 7. The van der Waals surface area contributed by atoms with E-state index in [1.54, 1.807) is 19.5 Å². The Balaban J connectivity index is 1.46. The fraction of sp³-hybridized carbons (Fsp3) is 0.344. The van der Waals surface area contributed by atoms with E-state index in [1.807, 2.05) is 56.0 Å². The van der Waals surface area contributed by atoms with Gasteiger partial charge in [0.2, 0.25) is 5.82 Å². The van der Waals surface area contributed by atoms with Gasteiger partial charge < -0.3 is 20.4 Å². The van der Waals surface area contributed by atoms with Gasteiger partial charge in [0, 0.05) is 35.5 Å². The number of hydrogen-bond acceptors (Lipinski definition) is 9. The molecule has 1 atom stereocenters. The minimum absolute atomic E-state index is 0.102. The highest BCUT2D eigenvalue weighted by molar-refractivity contribution is 6.00. The number of fused-ring (bicyclic) bond motifs is 1. The molecule has 0 fully saturated rings. The first-order valence-corrected chi connectivity index (χ1v) is 14.7. The molecule has 1 amide bonds. The Labute approximate surface area is 255 Å². The number of Topliss-reactive ketones (excluding diaryl/α,β-unsaturated/α-hetero) is 1. The topological polar surface area (TPSA) is 157 Å². The van der Waals surface area contributed by atoms with Crippen LogP contribution in [0, 0.1) is 6.92 Å². The van der Waals surface area contributed by atoms with Crippen LogP contribution in [0.15, 0.2) is 49.1 Å². The maximum atomic E-state index is 13.2. The third kappa shape index (κ3) is 5.87. The van der Waals surface area contributed by atoms with Crippen molar-refractivity contribution in [2.24, 2.45) is 0 Å². The number of aryl methyl sites for hydroxylation is 2. The number of nitrogens with two attached hydrogens (primary N) is 1. The van der Waals surface area contributed by atoms with E-state index in [-0.39, 0.29) is 29.4 Å². The second kappa shape index (κ2) is 13.0. The van der Waals surface area contributed by atoms with Crippen molar-refractivity contribution >= 4 is 23.2 Å².